The highest BCUT2D eigenvalue weighted by Gasteiger charge is 2.39. The molecule has 0 spiro atoms. The zero-order valence-electron chi connectivity index (χ0n) is 9.33. The first-order chi connectivity index (χ1) is 8.18. The van der Waals surface area contributed by atoms with E-state index in [4.69, 9.17) is 0 Å². The molecule has 0 unspecified atom stereocenters. The second-order valence-corrected chi connectivity index (χ2v) is 3.78. The fraction of sp³-hybridized carbons (Fsp3) is 0.417. The van der Waals surface area contributed by atoms with E-state index in [-0.39, 0.29) is 19.3 Å². The topological polar surface area (TPSA) is 0 Å². The van der Waals surface area contributed by atoms with Gasteiger partial charge in [0.05, 0.1) is 11.1 Å². The molecule has 101 valence electrons. The van der Waals surface area contributed by atoms with Crippen molar-refractivity contribution in [3.63, 3.8) is 0 Å². The maximum atomic E-state index is 12.7. The Morgan fingerprint density at radius 2 is 1.33 bits per heavy atom. The van der Waals surface area contributed by atoms with Gasteiger partial charge in [0.25, 0.3) is 0 Å². The first kappa shape index (κ1) is 14.9. The number of halogens is 6. The highest BCUT2D eigenvalue weighted by Crippen LogP contribution is 2.39. The lowest BCUT2D eigenvalue weighted by molar-refractivity contribution is -0.144. The smallest absolute Gasteiger partial charge is 0.166 e. The second-order valence-electron chi connectivity index (χ2n) is 3.78. The van der Waals surface area contributed by atoms with Gasteiger partial charge in [0, 0.05) is 0 Å². The van der Waals surface area contributed by atoms with Crippen LogP contribution in [0.1, 0.15) is 29.5 Å². The average Bonchev–Trinajstić information content (AvgIpc) is 2.23. The van der Waals surface area contributed by atoms with Gasteiger partial charge in [-0.3, -0.25) is 0 Å². The molecule has 0 nitrogen and oxygen atoms in total. The monoisotopic (exact) mass is 269 g/mol. The van der Waals surface area contributed by atoms with Gasteiger partial charge in [-0.25, -0.2) is 0 Å². The first-order valence-electron chi connectivity index (χ1n) is 5.23. The summed E-state index contributed by atoms with van der Waals surface area (Å²) < 4.78 is 76.0. The standard InChI is InChI=1S/C12H11F6/c1-2-3-5-8-9(11(13,14)15)6-4-7-10(8)12(16,17)18/h4,6-7H,1-3,5H2. The van der Waals surface area contributed by atoms with Crippen molar-refractivity contribution in [3.05, 3.63) is 41.8 Å². The molecule has 1 rings (SSSR count). The van der Waals surface area contributed by atoms with Gasteiger partial charge in [0.15, 0.2) is 0 Å². The molecular formula is C12H11F6. The quantitative estimate of drug-likeness (QED) is 0.686. The van der Waals surface area contributed by atoms with Gasteiger partial charge in [0.2, 0.25) is 0 Å². The lowest BCUT2D eigenvalue weighted by Crippen LogP contribution is -2.16. The van der Waals surface area contributed by atoms with E-state index >= 15 is 0 Å². The second kappa shape index (κ2) is 5.20. The summed E-state index contributed by atoms with van der Waals surface area (Å²) in [7, 11) is 0. The van der Waals surface area contributed by atoms with Crippen LogP contribution >= 0.6 is 0 Å². The van der Waals surface area contributed by atoms with Crippen molar-refractivity contribution in [1.29, 1.82) is 0 Å². The number of hydrogen-bond acceptors (Lipinski definition) is 0. The Bertz CT molecular complexity index is 370. The molecule has 0 heterocycles. The zero-order chi connectivity index (χ0) is 14.0. The molecule has 0 aromatic heterocycles. The Kier molecular flexibility index (Phi) is 4.29. The van der Waals surface area contributed by atoms with E-state index in [1.54, 1.807) is 0 Å². The third-order valence-electron chi connectivity index (χ3n) is 2.46. The molecule has 1 aromatic carbocycles. The Morgan fingerprint density at radius 1 is 0.889 bits per heavy atom. The van der Waals surface area contributed by atoms with Gasteiger partial charge in [-0.1, -0.05) is 19.4 Å². The summed E-state index contributed by atoms with van der Waals surface area (Å²) >= 11 is 0. The molecular weight excluding hydrogens is 258 g/mol. The molecule has 0 fully saturated rings. The molecule has 0 amide bonds. The van der Waals surface area contributed by atoms with Crippen molar-refractivity contribution >= 4 is 0 Å². The van der Waals surface area contributed by atoms with Crippen LogP contribution in [0.25, 0.3) is 0 Å². The molecule has 18 heavy (non-hydrogen) atoms. The summed E-state index contributed by atoms with van der Waals surface area (Å²) in [5, 5.41) is 0. The molecule has 0 atom stereocenters. The third kappa shape index (κ3) is 3.40. The predicted octanol–water partition coefficient (Wildman–Crippen LogP) is 4.88. The molecule has 1 aromatic rings. The van der Waals surface area contributed by atoms with Crippen molar-refractivity contribution in [2.24, 2.45) is 0 Å². The molecule has 0 aliphatic heterocycles. The van der Waals surface area contributed by atoms with Crippen molar-refractivity contribution in [2.75, 3.05) is 0 Å². The summed E-state index contributed by atoms with van der Waals surface area (Å²) in [5.74, 6) is 0. The van der Waals surface area contributed by atoms with Gasteiger partial charge < -0.3 is 0 Å². The molecule has 0 N–H and O–H groups in total. The van der Waals surface area contributed by atoms with Gasteiger partial charge >= 0.3 is 12.4 Å². The van der Waals surface area contributed by atoms with Crippen LogP contribution in [0.5, 0.6) is 0 Å². The van der Waals surface area contributed by atoms with Crippen molar-refractivity contribution in [2.45, 2.75) is 31.6 Å². The maximum Gasteiger partial charge on any atom is 0.416 e. The van der Waals surface area contributed by atoms with E-state index in [1.165, 1.54) is 0 Å². The zero-order valence-corrected chi connectivity index (χ0v) is 9.33. The lowest BCUT2D eigenvalue weighted by Gasteiger charge is -2.18. The summed E-state index contributed by atoms with van der Waals surface area (Å²) in [6, 6.07) is 2.13. The van der Waals surface area contributed by atoms with E-state index in [0.29, 0.717) is 12.1 Å². The highest BCUT2D eigenvalue weighted by molar-refractivity contribution is 5.39. The molecule has 0 bridgehead atoms. The van der Waals surface area contributed by atoms with Crippen LogP contribution in [0, 0.1) is 6.92 Å². The predicted molar refractivity (Wildman–Crippen MR) is 54.7 cm³/mol. The minimum Gasteiger partial charge on any atom is -0.166 e. The largest absolute Gasteiger partial charge is 0.416 e. The third-order valence-corrected chi connectivity index (χ3v) is 2.46. The highest BCUT2D eigenvalue weighted by atomic mass is 19.4. The fourth-order valence-corrected chi connectivity index (χ4v) is 1.69. The van der Waals surface area contributed by atoms with E-state index in [2.05, 4.69) is 6.92 Å². The summed E-state index contributed by atoms with van der Waals surface area (Å²) in [4.78, 5) is 0. The van der Waals surface area contributed by atoms with E-state index in [9.17, 15) is 26.3 Å². The Morgan fingerprint density at radius 3 is 1.67 bits per heavy atom. The maximum absolute atomic E-state index is 12.7. The van der Waals surface area contributed by atoms with Gasteiger partial charge in [-0.15, -0.1) is 0 Å². The van der Waals surface area contributed by atoms with Crippen molar-refractivity contribution in [3.8, 4) is 0 Å². The van der Waals surface area contributed by atoms with Crippen LogP contribution in [0.3, 0.4) is 0 Å². The van der Waals surface area contributed by atoms with E-state index in [1.807, 2.05) is 0 Å². The Labute approximate surface area is 101 Å². The number of benzene rings is 1. The number of rotatable bonds is 3. The van der Waals surface area contributed by atoms with Crippen LogP contribution in [-0.2, 0) is 18.8 Å². The average molecular weight is 269 g/mol. The number of unbranched alkanes of at least 4 members (excludes halogenated alkanes) is 1. The van der Waals surface area contributed by atoms with E-state index in [0.717, 1.165) is 6.07 Å². The number of hydrogen-bond donors (Lipinski definition) is 0. The Balaban J connectivity index is 3.35. The van der Waals surface area contributed by atoms with Crippen LogP contribution < -0.4 is 0 Å². The molecule has 6 heteroatoms. The van der Waals surface area contributed by atoms with Gasteiger partial charge in [0.1, 0.15) is 0 Å². The normalized spacial score (nSPS) is 12.8. The molecule has 0 aliphatic rings. The van der Waals surface area contributed by atoms with Crippen LogP contribution in [-0.4, -0.2) is 0 Å². The molecule has 0 aliphatic carbocycles. The van der Waals surface area contributed by atoms with Crippen LogP contribution in [0.2, 0.25) is 0 Å². The molecule has 0 saturated carbocycles. The SMILES string of the molecule is [CH2]CCCc1c(C(F)(F)F)cccc1C(F)(F)F. The summed E-state index contributed by atoms with van der Waals surface area (Å²) in [6.45, 7) is 3.42. The summed E-state index contributed by atoms with van der Waals surface area (Å²) in [6.07, 6.45) is -9.39. The molecule has 1 radical (unpaired) electrons. The minimum atomic E-state index is -4.78. The van der Waals surface area contributed by atoms with E-state index < -0.39 is 29.0 Å². The van der Waals surface area contributed by atoms with Crippen molar-refractivity contribution < 1.29 is 26.3 Å². The fourth-order valence-electron chi connectivity index (χ4n) is 1.69. The van der Waals surface area contributed by atoms with Crippen LogP contribution in [0.15, 0.2) is 18.2 Å². The summed E-state index contributed by atoms with van der Waals surface area (Å²) in [5.41, 5.74) is -3.13. The first-order valence-corrected chi connectivity index (χ1v) is 5.23. The van der Waals surface area contributed by atoms with Crippen LogP contribution in [0.4, 0.5) is 26.3 Å². The molecule has 0 saturated heterocycles. The van der Waals surface area contributed by atoms with Crippen molar-refractivity contribution in [1.82, 2.24) is 0 Å². The number of alkyl halides is 6. The van der Waals surface area contributed by atoms with Gasteiger partial charge in [-0.05, 0) is 30.5 Å². The lowest BCUT2D eigenvalue weighted by atomic mass is 9.95. The minimum absolute atomic E-state index is 0.177. The van der Waals surface area contributed by atoms with Gasteiger partial charge in [-0.2, -0.15) is 26.3 Å². The Hall–Kier alpha value is -1.20.